The Kier molecular flexibility index (Phi) is 31.4. The van der Waals surface area contributed by atoms with Crippen molar-refractivity contribution in [2.45, 2.75) is 66.3 Å². The highest BCUT2D eigenvalue weighted by Crippen LogP contribution is 2.18. The van der Waals surface area contributed by atoms with E-state index >= 15 is 0 Å². The molecule has 0 heterocycles. The zero-order valence-corrected chi connectivity index (χ0v) is 29.0. The number of unbranched alkanes of at least 4 members (excludes halogenated alkanes) is 1. The average molecular weight is 662 g/mol. The number of primary amides is 1. The summed E-state index contributed by atoms with van der Waals surface area (Å²) in [6.07, 6.45) is 4.08. The number of phenolic OH excluding ortho intramolecular Hbond substituents is 1. The minimum atomic E-state index is -0.542. The normalized spacial score (nSPS) is 9.87. The van der Waals surface area contributed by atoms with Crippen molar-refractivity contribution in [2.24, 2.45) is 33.7 Å². The lowest BCUT2D eigenvalue weighted by atomic mass is 10.0. The van der Waals surface area contributed by atoms with E-state index in [-0.39, 0.29) is 43.5 Å². The van der Waals surface area contributed by atoms with Crippen molar-refractivity contribution in [3.05, 3.63) is 64.7 Å². The molecular formula is C33H59N9O5. The minimum Gasteiger partial charge on any atom is -0.508 e. The molecule has 266 valence electrons. The van der Waals surface area contributed by atoms with Gasteiger partial charge in [-0.05, 0) is 89.4 Å². The third-order valence-electron chi connectivity index (χ3n) is 5.99. The summed E-state index contributed by atoms with van der Waals surface area (Å²) in [5.41, 5.74) is 30.0. The highest BCUT2D eigenvalue weighted by molar-refractivity contribution is 5.86. The second-order valence-electron chi connectivity index (χ2n) is 10.2. The van der Waals surface area contributed by atoms with Crippen LogP contribution in [0, 0.1) is 27.7 Å². The van der Waals surface area contributed by atoms with Crippen LogP contribution in [0.5, 0.6) is 5.75 Å². The van der Waals surface area contributed by atoms with Crippen LogP contribution in [0.2, 0.25) is 0 Å². The Hall–Kier alpha value is -4.53. The molecule has 0 saturated carbocycles. The summed E-state index contributed by atoms with van der Waals surface area (Å²) in [5.74, 6) is -0.506. The number of hydrogen-bond donors (Lipinski definition) is 9. The van der Waals surface area contributed by atoms with Gasteiger partial charge in [0.15, 0.2) is 5.96 Å². The van der Waals surface area contributed by atoms with Crippen molar-refractivity contribution < 1.29 is 24.3 Å². The van der Waals surface area contributed by atoms with Gasteiger partial charge in [-0.1, -0.05) is 49.2 Å². The molecule has 0 aliphatic heterocycles. The molecule has 1 unspecified atom stereocenters. The zero-order chi connectivity index (χ0) is 36.6. The number of aryl methyl sites for hydroxylation is 3. The molecule has 2 rings (SSSR count). The van der Waals surface area contributed by atoms with Crippen LogP contribution in [0.4, 0.5) is 0 Å². The number of benzene rings is 2. The summed E-state index contributed by atoms with van der Waals surface area (Å²) in [5, 5.41) is 16.7. The van der Waals surface area contributed by atoms with Crippen molar-refractivity contribution in [2.75, 3.05) is 39.8 Å². The molecule has 0 aliphatic carbocycles. The number of carbonyl (C=O) groups is 4. The molecular weight excluding hydrogens is 602 g/mol. The van der Waals surface area contributed by atoms with Crippen LogP contribution in [-0.4, -0.2) is 80.9 Å². The number of aldehydes is 1. The minimum absolute atomic E-state index is 0.0516. The monoisotopic (exact) mass is 661 g/mol. The molecule has 47 heavy (non-hydrogen) atoms. The summed E-state index contributed by atoms with van der Waals surface area (Å²) in [4.78, 5) is 45.4. The van der Waals surface area contributed by atoms with Gasteiger partial charge in [-0.2, -0.15) is 0 Å². The third kappa shape index (κ3) is 31.2. The molecule has 0 aromatic heterocycles. The van der Waals surface area contributed by atoms with Crippen LogP contribution in [-0.2, 0) is 19.2 Å². The van der Waals surface area contributed by atoms with Crippen molar-refractivity contribution in [3.8, 4) is 5.75 Å². The van der Waals surface area contributed by atoms with Crippen LogP contribution < -0.4 is 44.6 Å². The number of nitrogens with one attached hydrogen (secondary N) is 3. The first-order valence-corrected chi connectivity index (χ1v) is 15.4. The lowest BCUT2D eigenvalue weighted by Crippen LogP contribution is -2.45. The van der Waals surface area contributed by atoms with Crippen molar-refractivity contribution >= 4 is 30.0 Å². The standard InChI is InChI=1S/C9H20N4O2.C9H12O.C7H8.C4H11N3.C4H8N2O2/c1-12-7(4-2-3-5-10)9(15)13-6-8(11)14;1-6-4-9(10)5-7(2)8(6)3;1-7-5-3-2-4-6-7;1-2-3-7-4(5)6;5-3-4(8)6-1-2-7/h7,12H,2-6,10H2,1H3,(H2,11,14)(H,13,15);4-5,10H,1-3H3;2-6H,1H3;2-3H2,1H3,(H4,5,6,7);2H,1,3,5H2,(H,6,8). The van der Waals surface area contributed by atoms with Crippen LogP contribution in [0.1, 0.15) is 54.9 Å². The first kappa shape index (κ1) is 46.9. The molecule has 0 radical (unpaired) electrons. The van der Waals surface area contributed by atoms with Gasteiger partial charge in [-0.15, -0.1) is 0 Å². The predicted molar refractivity (Wildman–Crippen MR) is 191 cm³/mol. The largest absolute Gasteiger partial charge is 0.508 e. The molecule has 0 saturated heterocycles. The number of aliphatic imine (C=N–C) groups is 1. The molecule has 2 aromatic rings. The number of hydrogen-bond acceptors (Lipinski definition) is 9. The zero-order valence-electron chi connectivity index (χ0n) is 29.0. The lowest BCUT2D eigenvalue weighted by Gasteiger charge is -2.14. The Morgan fingerprint density at radius 2 is 1.51 bits per heavy atom. The van der Waals surface area contributed by atoms with Crippen molar-refractivity contribution in [3.63, 3.8) is 0 Å². The maximum atomic E-state index is 11.5. The smallest absolute Gasteiger partial charge is 0.237 e. The van der Waals surface area contributed by atoms with Gasteiger partial charge in [-0.3, -0.25) is 19.4 Å². The van der Waals surface area contributed by atoms with Gasteiger partial charge < -0.3 is 54.5 Å². The van der Waals surface area contributed by atoms with Gasteiger partial charge >= 0.3 is 0 Å². The number of carbonyl (C=O) groups excluding carboxylic acids is 4. The Bertz CT molecular complexity index is 1140. The van der Waals surface area contributed by atoms with Gasteiger partial charge in [-0.25, -0.2) is 0 Å². The highest BCUT2D eigenvalue weighted by Gasteiger charge is 2.15. The Labute approximate surface area is 280 Å². The van der Waals surface area contributed by atoms with Crippen LogP contribution in [0.25, 0.3) is 0 Å². The fraction of sp³-hybridized carbons (Fsp3) is 0.485. The number of aromatic hydroxyl groups is 1. The lowest BCUT2D eigenvalue weighted by molar-refractivity contribution is -0.126. The number of guanidine groups is 1. The molecule has 14 heteroatoms. The van der Waals surface area contributed by atoms with E-state index in [9.17, 15) is 19.2 Å². The van der Waals surface area contributed by atoms with E-state index in [1.807, 2.05) is 39.0 Å². The number of rotatable bonds is 13. The maximum absolute atomic E-state index is 11.5. The van der Waals surface area contributed by atoms with E-state index in [4.69, 9.17) is 33.8 Å². The molecule has 0 bridgehead atoms. The maximum Gasteiger partial charge on any atom is 0.237 e. The highest BCUT2D eigenvalue weighted by atomic mass is 16.3. The second kappa shape index (κ2) is 31.5. The van der Waals surface area contributed by atoms with E-state index in [1.54, 1.807) is 19.2 Å². The number of nitrogens with zero attached hydrogens (tertiary/aromatic N) is 1. The molecule has 3 amide bonds. The molecule has 1 atom stereocenters. The number of likely N-dealkylation sites (N-methyl/N-ethyl adjacent to an activating group) is 1. The summed E-state index contributed by atoms with van der Waals surface area (Å²) >= 11 is 0. The fourth-order valence-electron chi connectivity index (χ4n) is 3.21. The molecule has 14 N–H and O–H groups in total. The first-order valence-electron chi connectivity index (χ1n) is 15.4. The number of phenols is 1. The fourth-order valence-corrected chi connectivity index (χ4v) is 3.21. The average Bonchev–Trinajstić information content (AvgIpc) is 3.04. The Morgan fingerprint density at radius 1 is 0.936 bits per heavy atom. The Balaban J connectivity index is -0.000000533. The van der Waals surface area contributed by atoms with Gasteiger partial charge in [0.05, 0.1) is 25.7 Å². The van der Waals surface area contributed by atoms with Gasteiger partial charge in [0.25, 0.3) is 0 Å². The quantitative estimate of drug-likeness (QED) is 0.0622. The summed E-state index contributed by atoms with van der Waals surface area (Å²) in [6, 6.07) is 13.5. The summed E-state index contributed by atoms with van der Waals surface area (Å²) in [7, 11) is 1.71. The van der Waals surface area contributed by atoms with Gasteiger partial charge in [0.1, 0.15) is 12.0 Å². The molecule has 2 aromatic carbocycles. The van der Waals surface area contributed by atoms with E-state index in [2.05, 4.69) is 46.9 Å². The van der Waals surface area contributed by atoms with Crippen molar-refractivity contribution in [1.29, 1.82) is 0 Å². The summed E-state index contributed by atoms with van der Waals surface area (Å²) < 4.78 is 0. The topological polar surface area (TPSA) is 267 Å². The number of nitrogens with two attached hydrogens (primary N) is 5. The predicted octanol–water partition coefficient (Wildman–Crippen LogP) is 0.547. The van der Waals surface area contributed by atoms with Crippen LogP contribution in [0.3, 0.4) is 0 Å². The molecule has 14 nitrogen and oxygen atoms in total. The van der Waals surface area contributed by atoms with E-state index < -0.39 is 5.91 Å². The molecule has 0 aliphatic rings. The van der Waals surface area contributed by atoms with E-state index in [0.29, 0.717) is 25.0 Å². The first-order chi connectivity index (χ1) is 22.2. The Morgan fingerprint density at radius 3 is 1.87 bits per heavy atom. The molecule has 0 fully saturated rings. The van der Waals surface area contributed by atoms with E-state index in [1.165, 1.54) is 11.1 Å². The van der Waals surface area contributed by atoms with Gasteiger partial charge in [0.2, 0.25) is 17.7 Å². The second-order valence-corrected chi connectivity index (χ2v) is 10.2. The SMILES string of the molecule is CCCN=C(N)N.CNC(CCCCN)C(=O)NCC(N)=O.Cc1cc(O)cc(C)c1C.Cc1ccccc1.NCC(=O)NCC=O. The number of amides is 3. The third-order valence-corrected chi connectivity index (χ3v) is 5.99. The van der Waals surface area contributed by atoms with Crippen molar-refractivity contribution in [1.82, 2.24) is 16.0 Å². The van der Waals surface area contributed by atoms with Crippen LogP contribution in [0.15, 0.2) is 47.5 Å². The van der Waals surface area contributed by atoms with Gasteiger partial charge in [0, 0.05) is 6.54 Å². The summed E-state index contributed by atoms with van der Waals surface area (Å²) in [6.45, 7) is 11.4. The van der Waals surface area contributed by atoms with Crippen LogP contribution >= 0.6 is 0 Å². The molecule has 0 spiro atoms. The van der Waals surface area contributed by atoms with E-state index in [0.717, 1.165) is 36.9 Å².